The second-order valence-corrected chi connectivity index (χ2v) is 4.72. The van der Waals surface area contributed by atoms with Crippen molar-refractivity contribution in [2.75, 3.05) is 13.7 Å². The Morgan fingerprint density at radius 1 is 1.33 bits per heavy atom. The molecule has 2 unspecified atom stereocenters. The second kappa shape index (κ2) is 6.55. The summed E-state index contributed by atoms with van der Waals surface area (Å²) in [6.45, 7) is 6.30. The minimum absolute atomic E-state index is 0.337. The van der Waals surface area contributed by atoms with Gasteiger partial charge in [-0.2, -0.15) is 0 Å². The second-order valence-electron chi connectivity index (χ2n) is 4.72. The van der Waals surface area contributed by atoms with Crippen LogP contribution in [0.5, 0.6) is 0 Å². The number of hydrogen-bond acceptors (Lipinski definition) is 3. The molecule has 18 heavy (non-hydrogen) atoms. The highest BCUT2D eigenvalue weighted by Crippen LogP contribution is 2.26. The number of benzene rings is 1. The summed E-state index contributed by atoms with van der Waals surface area (Å²) in [5, 5.41) is 0. The van der Waals surface area contributed by atoms with Crippen molar-refractivity contribution in [3.63, 3.8) is 0 Å². The van der Waals surface area contributed by atoms with Gasteiger partial charge in [0.1, 0.15) is 0 Å². The van der Waals surface area contributed by atoms with Crippen LogP contribution in [0.3, 0.4) is 0 Å². The number of carbonyl (C=O) groups excluding carboxylic acids is 1. The van der Waals surface area contributed by atoms with Gasteiger partial charge >= 0.3 is 5.97 Å². The SMILES string of the molecule is CCC(C)COC(=O)C(C)(OC)c1ccccc1. The van der Waals surface area contributed by atoms with E-state index in [1.807, 2.05) is 30.3 Å². The molecule has 1 aromatic carbocycles. The molecule has 3 nitrogen and oxygen atoms in total. The Morgan fingerprint density at radius 2 is 1.94 bits per heavy atom. The van der Waals surface area contributed by atoms with Crippen LogP contribution in [-0.4, -0.2) is 19.7 Å². The first-order valence-electron chi connectivity index (χ1n) is 6.32. The van der Waals surface area contributed by atoms with E-state index in [1.54, 1.807) is 6.92 Å². The highest BCUT2D eigenvalue weighted by molar-refractivity contribution is 5.80. The van der Waals surface area contributed by atoms with Crippen LogP contribution in [0, 0.1) is 5.92 Å². The molecule has 3 heteroatoms. The third-order valence-corrected chi connectivity index (χ3v) is 3.32. The van der Waals surface area contributed by atoms with Crippen molar-refractivity contribution in [2.45, 2.75) is 32.8 Å². The predicted octanol–water partition coefficient (Wildman–Crippen LogP) is 3.14. The molecule has 1 rings (SSSR count). The topological polar surface area (TPSA) is 35.5 Å². The minimum Gasteiger partial charge on any atom is -0.463 e. The molecule has 0 aliphatic carbocycles. The van der Waals surface area contributed by atoms with E-state index in [-0.39, 0.29) is 5.97 Å². The zero-order valence-electron chi connectivity index (χ0n) is 11.6. The van der Waals surface area contributed by atoms with Crippen LogP contribution >= 0.6 is 0 Å². The Morgan fingerprint density at radius 3 is 2.44 bits per heavy atom. The maximum atomic E-state index is 12.2. The molecule has 0 fully saturated rings. The van der Waals surface area contributed by atoms with E-state index in [0.29, 0.717) is 12.5 Å². The lowest BCUT2D eigenvalue weighted by Gasteiger charge is -2.26. The highest BCUT2D eigenvalue weighted by Gasteiger charge is 2.37. The summed E-state index contributed by atoms with van der Waals surface area (Å²) in [7, 11) is 1.53. The maximum absolute atomic E-state index is 12.2. The Kier molecular flexibility index (Phi) is 5.35. The fraction of sp³-hybridized carbons (Fsp3) is 0.533. The molecule has 0 aromatic heterocycles. The molecule has 0 aliphatic heterocycles. The third kappa shape index (κ3) is 3.33. The Balaban J connectivity index is 2.79. The van der Waals surface area contributed by atoms with Crippen LogP contribution in [0.4, 0.5) is 0 Å². The van der Waals surface area contributed by atoms with Crippen LogP contribution in [0.25, 0.3) is 0 Å². The van der Waals surface area contributed by atoms with Crippen molar-refractivity contribution in [2.24, 2.45) is 5.92 Å². The van der Waals surface area contributed by atoms with Gasteiger partial charge in [-0.05, 0) is 18.4 Å². The Labute approximate surface area is 109 Å². The van der Waals surface area contributed by atoms with Crippen molar-refractivity contribution in [3.05, 3.63) is 35.9 Å². The molecule has 100 valence electrons. The van der Waals surface area contributed by atoms with Gasteiger partial charge < -0.3 is 9.47 Å². The van der Waals surface area contributed by atoms with Crippen LogP contribution in [0.2, 0.25) is 0 Å². The van der Waals surface area contributed by atoms with E-state index < -0.39 is 5.60 Å². The zero-order valence-corrected chi connectivity index (χ0v) is 11.6. The molecule has 0 aliphatic rings. The maximum Gasteiger partial charge on any atom is 0.342 e. The van der Waals surface area contributed by atoms with Crippen LogP contribution in [0.1, 0.15) is 32.8 Å². The standard InChI is InChI=1S/C15H22O3/c1-5-12(2)11-18-14(16)15(3,17-4)13-9-7-6-8-10-13/h6-10,12H,5,11H2,1-4H3. The Hall–Kier alpha value is -1.35. The van der Waals surface area contributed by atoms with Gasteiger partial charge in [0, 0.05) is 7.11 Å². The zero-order chi connectivity index (χ0) is 13.6. The van der Waals surface area contributed by atoms with E-state index in [0.717, 1.165) is 12.0 Å². The number of carbonyl (C=O) groups is 1. The number of rotatable bonds is 6. The lowest BCUT2D eigenvalue weighted by molar-refractivity contribution is -0.169. The fourth-order valence-electron chi connectivity index (χ4n) is 1.55. The van der Waals surface area contributed by atoms with Gasteiger partial charge in [0.2, 0.25) is 0 Å². The molecule has 1 aromatic rings. The van der Waals surface area contributed by atoms with Crippen molar-refractivity contribution < 1.29 is 14.3 Å². The highest BCUT2D eigenvalue weighted by atomic mass is 16.6. The summed E-state index contributed by atoms with van der Waals surface area (Å²) < 4.78 is 10.7. The predicted molar refractivity (Wildman–Crippen MR) is 71.2 cm³/mol. The lowest BCUT2D eigenvalue weighted by Crippen LogP contribution is -2.37. The van der Waals surface area contributed by atoms with Gasteiger partial charge in [-0.25, -0.2) is 4.79 Å². The molecule has 0 amide bonds. The number of hydrogen-bond donors (Lipinski definition) is 0. The molecule has 2 atom stereocenters. The molecular formula is C15H22O3. The molecule has 0 spiro atoms. The molecule has 0 heterocycles. The van der Waals surface area contributed by atoms with Crippen molar-refractivity contribution in [1.29, 1.82) is 0 Å². The number of ether oxygens (including phenoxy) is 2. The molecule has 0 saturated carbocycles. The van der Waals surface area contributed by atoms with Crippen LogP contribution in [0.15, 0.2) is 30.3 Å². The molecule has 0 saturated heterocycles. The van der Waals surface area contributed by atoms with E-state index in [9.17, 15) is 4.79 Å². The summed E-state index contributed by atoms with van der Waals surface area (Å²) in [6, 6.07) is 9.41. The third-order valence-electron chi connectivity index (χ3n) is 3.32. The number of methoxy groups -OCH3 is 1. The fourth-order valence-corrected chi connectivity index (χ4v) is 1.55. The number of esters is 1. The van der Waals surface area contributed by atoms with Crippen molar-refractivity contribution >= 4 is 5.97 Å². The van der Waals surface area contributed by atoms with E-state index in [2.05, 4.69) is 13.8 Å². The smallest absolute Gasteiger partial charge is 0.342 e. The van der Waals surface area contributed by atoms with Crippen LogP contribution < -0.4 is 0 Å². The largest absolute Gasteiger partial charge is 0.463 e. The molecular weight excluding hydrogens is 228 g/mol. The van der Waals surface area contributed by atoms with Gasteiger partial charge in [0.25, 0.3) is 0 Å². The van der Waals surface area contributed by atoms with E-state index >= 15 is 0 Å². The average Bonchev–Trinajstić information content (AvgIpc) is 2.44. The van der Waals surface area contributed by atoms with Crippen molar-refractivity contribution in [3.8, 4) is 0 Å². The minimum atomic E-state index is -1.03. The average molecular weight is 250 g/mol. The van der Waals surface area contributed by atoms with Crippen molar-refractivity contribution in [1.82, 2.24) is 0 Å². The first kappa shape index (κ1) is 14.7. The molecule has 0 bridgehead atoms. The summed E-state index contributed by atoms with van der Waals surface area (Å²) >= 11 is 0. The van der Waals surface area contributed by atoms with Gasteiger partial charge in [-0.3, -0.25) is 0 Å². The first-order chi connectivity index (χ1) is 8.54. The summed E-state index contributed by atoms with van der Waals surface area (Å²) in [5.74, 6) is 0.0299. The van der Waals surface area contributed by atoms with Gasteiger partial charge in [-0.15, -0.1) is 0 Å². The first-order valence-corrected chi connectivity index (χ1v) is 6.32. The Bertz CT molecular complexity index is 375. The van der Waals surface area contributed by atoms with Gasteiger partial charge in [-0.1, -0.05) is 50.6 Å². The lowest BCUT2D eigenvalue weighted by atomic mass is 9.96. The van der Waals surface area contributed by atoms with E-state index in [4.69, 9.17) is 9.47 Å². The van der Waals surface area contributed by atoms with Crippen LogP contribution in [-0.2, 0) is 19.9 Å². The normalized spacial score (nSPS) is 15.8. The van der Waals surface area contributed by atoms with E-state index in [1.165, 1.54) is 7.11 Å². The monoisotopic (exact) mass is 250 g/mol. The summed E-state index contributed by atoms with van der Waals surface area (Å²) in [5.41, 5.74) is -0.226. The van der Waals surface area contributed by atoms with Gasteiger partial charge in [0.15, 0.2) is 5.60 Å². The summed E-state index contributed by atoms with van der Waals surface area (Å²) in [6.07, 6.45) is 0.988. The van der Waals surface area contributed by atoms with Gasteiger partial charge in [0.05, 0.1) is 6.61 Å². The quantitative estimate of drug-likeness (QED) is 0.728. The molecule has 0 N–H and O–H groups in total. The summed E-state index contributed by atoms with van der Waals surface area (Å²) in [4.78, 5) is 12.2. The molecule has 0 radical (unpaired) electrons.